The Morgan fingerprint density at radius 1 is 1.04 bits per heavy atom. The average molecular weight is 387 g/mol. The third-order valence-corrected chi connectivity index (χ3v) is 4.23. The fourth-order valence-corrected chi connectivity index (χ4v) is 2.80. The van der Waals surface area contributed by atoms with Gasteiger partial charge in [0.2, 0.25) is 0 Å². The maximum Gasteiger partial charge on any atom is 0.253 e. The molecule has 0 atom stereocenters. The van der Waals surface area contributed by atoms with E-state index in [2.05, 4.69) is 10.3 Å². The van der Waals surface area contributed by atoms with Crippen molar-refractivity contribution in [1.29, 1.82) is 0 Å². The summed E-state index contributed by atoms with van der Waals surface area (Å²) in [4.78, 5) is 16.3. The largest absolute Gasteiger partial charge is 0.489 e. The van der Waals surface area contributed by atoms with Crippen LogP contribution in [0.5, 0.6) is 5.75 Å². The van der Waals surface area contributed by atoms with Crippen LogP contribution in [0.3, 0.4) is 0 Å². The van der Waals surface area contributed by atoms with Crippen LogP contribution >= 0.6 is 23.2 Å². The molecule has 0 aliphatic carbocycles. The monoisotopic (exact) mass is 386 g/mol. The van der Waals surface area contributed by atoms with Crippen LogP contribution in [0.25, 0.3) is 0 Å². The van der Waals surface area contributed by atoms with E-state index in [4.69, 9.17) is 27.9 Å². The van der Waals surface area contributed by atoms with Gasteiger partial charge in [0, 0.05) is 29.5 Å². The van der Waals surface area contributed by atoms with Crippen molar-refractivity contribution in [3.8, 4) is 5.75 Å². The van der Waals surface area contributed by atoms with E-state index in [-0.39, 0.29) is 5.91 Å². The normalized spacial score (nSPS) is 10.4. The molecular formula is C20H16Cl2N2O2. The molecule has 0 unspecified atom stereocenters. The lowest BCUT2D eigenvalue weighted by Gasteiger charge is -2.09. The van der Waals surface area contributed by atoms with Gasteiger partial charge >= 0.3 is 0 Å². The van der Waals surface area contributed by atoms with Crippen molar-refractivity contribution in [2.24, 2.45) is 0 Å². The summed E-state index contributed by atoms with van der Waals surface area (Å²) in [6.45, 7) is 0.847. The molecule has 0 aliphatic heterocycles. The van der Waals surface area contributed by atoms with Crippen molar-refractivity contribution in [3.63, 3.8) is 0 Å². The van der Waals surface area contributed by atoms with Crippen molar-refractivity contribution in [3.05, 3.63) is 93.7 Å². The van der Waals surface area contributed by atoms with E-state index in [0.717, 1.165) is 16.9 Å². The lowest BCUT2D eigenvalue weighted by molar-refractivity contribution is 0.0951. The zero-order valence-electron chi connectivity index (χ0n) is 13.8. The number of carbonyl (C=O) groups excluding carboxylic acids is 1. The number of halogens is 2. The summed E-state index contributed by atoms with van der Waals surface area (Å²) in [7, 11) is 0. The van der Waals surface area contributed by atoms with Gasteiger partial charge in [-0.3, -0.25) is 9.78 Å². The molecule has 0 fully saturated rings. The first kappa shape index (κ1) is 18.2. The van der Waals surface area contributed by atoms with E-state index in [1.165, 1.54) is 0 Å². The molecule has 0 aliphatic rings. The number of hydrogen-bond acceptors (Lipinski definition) is 3. The maximum atomic E-state index is 12.2. The van der Waals surface area contributed by atoms with Gasteiger partial charge in [-0.1, -0.05) is 41.4 Å². The fourth-order valence-electron chi connectivity index (χ4n) is 2.30. The molecule has 0 radical (unpaired) electrons. The first-order valence-corrected chi connectivity index (χ1v) is 8.71. The van der Waals surface area contributed by atoms with Gasteiger partial charge in [0.05, 0.1) is 10.6 Å². The Kier molecular flexibility index (Phi) is 6.10. The topological polar surface area (TPSA) is 51.2 Å². The zero-order valence-corrected chi connectivity index (χ0v) is 15.3. The quantitative estimate of drug-likeness (QED) is 0.655. The fraction of sp³-hybridized carbons (Fsp3) is 0.100. The number of rotatable bonds is 6. The second-order valence-corrected chi connectivity index (χ2v) is 6.44. The van der Waals surface area contributed by atoms with Crippen LogP contribution in [0, 0.1) is 0 Å². The molecular weight excluding hydrogens is 371 g/mol. The molecule has 1 aromatic heterocycles. The third-order valence-electron chi connectivity index (χ3n) is 3.68. The molecule has 132 valence electrons. The van der Waals surface area contributed by atoms with E-state index >= 15 is 0 Å². The van der Waals surface area contributed by atoms with Gasteiger partial charge in [-0.2, -0.15) is 0 Å². The molecule has 0 saturated heterocycles. The minimum atomic E-state index is -0.247. The molecule has 0 saturated carbocycles. The van der Waals surface area contributed by atoms with E-state index in [1.807, 2.05) is 36.4 Å². The number of aromatic nitrogens is 1. The number of pyridine rings is 1. The van der Waals surface area contributed by atoms with Crippen molar-refractivity contribution >= 4 is 29.1 Å². The molecule has 1 amide bonds. The van der Waals surface area contributed by atoms with Crippen LogP contribution in [0.2, 0.25) is 10.0 Å². The summed E-state index contributed by atoms with van der Waals surface area (Å²) >= 11 is 11.9. The molecule has 3 rings (SSSR count). The number of amides is 1. The molecule has 6 heteroatoms. The molecule has 1 heterocycles. The van der Waals surface area contributed by atoms with Crippen molar-refractivity contribution < 1.29 is 9.53 Å². The van der Waals surface area contributed by atoms with Gasteiger partial charge in [-0.05, 0) is 42.0 Å². The summed E-state index contributed by atoms with van der Waals surface area (Å²) in [6, 6.07) is 16.2. The van der Waals surface area contributed by atoms with Gasteiger partial charge in [0.1, 0.15) is 12.4 Å². The van der Waals surface area contributed by atoms with Crippen LogP contribution in [0.4, 0.5) is 0 Å². The number of nitrogens with zero attached hydrogens (tertiary/aromatic N) is 1. The van der Waals surface area contributed by atoms with Crippen LogP contribution in [0.1, 0.15) is 21.5 Å². The zero-order chi connectivity index (χ0) is 18.4. The molecule has 3 aromatic rings. The van der Waals surface area contributed by atoms with Gasteiger partial charge in [-0.15, -0.1) is 0 Å². The second kappa shape index (κ2) is 8.70. The van der Waals surface area contributed by atoms with Crippen LogP contribution in [0.15, 0.2) is 67.0 Å². The number of ether oxygens (including phenoxy) is 1. The third kappa shape index (κ3) is 4.97. The maximum absolute atomic E-state index is 12.2. The number of carbonyl (C=O) groups is 1. The van der Waals surface area contributed by atoms with Crippen LogP contribution in [-0.2, 0) is 13.2 Å². The Balaban J connectivity index is 1.53. The molecule has 0 spiro atoms. The first-order chi connectivity index (χ1) is 12.6. The van der Waals surface area contributed by atoms with Gasteiger partial charge in [0.25, 0.3) is 5.91 Å². The van der Waals surface area contributed by atoms with Gasteiger partial charge in [-0.25, -0.2) is 0 Å². The molecule has 0 bridgehead atoms. The molecule has 4 nitrogen and oxygen atoms in total. The van der Waals surface area contributed by atoms with Crippen molar-refractivity contribution in [2.75, 3.05) is 0 Å². The Bertz CT molecular complexity index is 884. The predicted octanol–water partition coefficient (Wildman–Crippen LogP) is 4.90. The van der Waals surface area contributed by atoms with Crippen molar-refractivity contribution in [2.45, 2.75) is 13.2 Å². The summed E-state index contributed by atoms with van der Waals surface area (Å²) in [6.07, 6.45) is 3.50. The highest BCUT2D eigenvalue weighted by atomic mass is 35.5. The SMILES string of the molecule is O=C(NCc1ccc(OCc2cccnc2)cc1)c1ccc(Cl)cc1Cl. The Hall–Kier alpha value is -2.56. The highest BCUT2D eigenvalue weighted by Gasteiger charge is 2.10. The number of benzene rings is 2. The number of nitrogens with one attached hydrogen (secondary N) is 1. The Labute approximate surface area is 161 Å². The van der Waals surface area contributed by atoms with Gasteiger partial charge < -0.3 is 10.1 Å². The van der Waals surface area contributed by atoms with Crippen LogP contribution in [-0.4, -0.2) is 10.9 Å². The van der Waals surface area contributed by atoms with Gasteiger partial charge in [0.15, 0.2) is 0 Å². The minimum absolute atomic E-state index is 0.247. The average Bonchev–Trinajstić information content (AvgIpc) is 2.66. The lowest BCUT2D eigenvalue weighted by Crippen LogP contribution is -2.23. The van der Waals surface area contributed by atoms with Crippen molar-refractivity contribution in [1.82, 2.24) is 10.3 Å². The molecule has 26 heavy (non-hydrogen) atoms. The van der Waals surface area contributed by atoms with E-state index in [0.29, 0.717) is 28.8 Å². The minimum Gasteiger partial charge on any atom is -0.489 e. The smallest absolute Gasteiger partial charge is 0.253 e. The first-order valence-electron chi connectivity index (χ1n) is 7.96. The van der Waals surface area contributed by atoms with E-state index in [1.54, 1.807) is 30.6 Å². The van der Waals surface area contributed by atoms with Crippen LogP contribution < -0.4 is 10.1 Å². The summed E-state index contributed by atoms with van der Waals surface area (Å²) in [5.74, 6) is 0.508. The number of hydrogen-bond donors (Lipinski definition) is 1. The highest BCUT2D eigenvalue weighted by Crippen LogP contribution is 2.21. The summed E-state index contributed by atoms with van der Waals surface area (Å²) in [5, 5.41) is 3.66. The standard InChI is InChI=1S/C20H16Cl2N2O2/c21-16-5-8-18(19(22)10-16)20(25)24-12-14-3-6-17(7-4-14)26-13-15-2-1-9-23-11-15/h1-11H,12-13H2,(H,24,25). The van der Waals surface area contributed by atoms with E-state index in [9.17, 15) is 4.79 Å². The predicted molar refractivity (Wildman–Crippen MR) is 103 cm³/mol. The lowest BCUT2D eigenvalue weighted by atomic mass is 10.2. The summed E-state index contributed by atoms with van der Waals surface area (Å²) in [5.41, 5.74) is 2.35. The highest BCUT2D eigenvalue weighted by molar-refractivity contribution is 6.36. The molecule has 2 aromatic carbocycles. The van der Waals surface area contributed by atoms with E-state index < -0.39 is 0 Å². The Morgan fingerprint density at radius 3 is 2.54 bits per heavy atom. The second-order valence-electron chi connectivity index (χ2n) is 5.60. The Morgan fingerprint density at radius 2 is 1.85 bits per heavy atom. The molecule has 1 N–H and O–H groups in total. The summed E-state index contributed by atoms with van der Waals surface area (Å²) < 4.78 is 5.71.